The second-order valence-electron chi connectivity index (χ2n) is 8.46. The zero-order valence-corrected chi connectivity index (χ0v) is 16.6. The predicted molar refractivity (Wildman–Crippen MR) is 111 cm³/mol. The minimum Gasteiger partial charge on any atom is -0.504 e. The number of carbonyl (C=O) groups is 2. The summed E-state index contributed by atoms with van der Waals surface area (Å²) in [6, 6.07) is 18.6. The second kappa shape index (κ2) is 6.31. The molecule has 3 aromatic carbocycles. The van der Waals surface area contributed by atoms with Crippen molar-refractivity contribution in [2.75, 3.05) is 0 Å². The van der Waals surface area contributed by atoms with Crippen molar-refractivity contribution in [2.24, 2.45) is 0 Å². The first-order chi connectivity index (χ1) is 13.7. The molecule has 4 rings (SSSR count). The van der Waals surface area contributed by atoms with Gasteiger partial charge < -0.3 is 10.2 Å². The fourth-order valence-electron chi connectivity index (χ4n) is 4.24. The molecule has 0 fully saturated rings. The van der Waals surface area contributed by atoms with Crippen LogP contribution in [0.1, 0.15) is 58.2 Å². The van der Waals surface area contributed by atoms with Crippen LogP contribution in [-0.2, 0) is 10.8 Å². The van der Waals surface area contributed by atoms with Gasteiger partial charge in [-0.05, 0) is 34.2 Å². The molecule has 0 spiro atoms. The van der Waals surface area contributed by atoms with Gasteiger partial charge in [-0.1, -0.05) is 75.4 Å². The third-order valence-corrected chi connectivity index (χ3v) is 5.63. The molecule has 0 saturated carbocycles. The molecule has 146 valence electrons. The Morgan fingerprint density at radius 1 is 0.724 bits per heavy atom. The van der Waals surface area contributed by atoms with Gasteiger partial charge in [0.25, 0.3) is 0 Å². The van der Waals surface area contributed by atoms with Crippen molar-refractivity contribution in [3.05, 3.63) is 94.5 Å². The molecule has 3 aromatic rings. The van der Waals surface area contributed by atoms with E-state index in [0.29, 0.717) is 27.8 Å². The number of carbonyl (C=O) groups excluding carboxylic acids is 2. The molecular weight excluding hydrogens is 364 g/mol. The Labute approximate surface area is 169 Å². The van der Waals surface area contributed by atoms with Crippen LogP contribution in [0.2, 0.25) is 0 Å². The molecule has 29 heavy (non-hydrogen) atoms. The van der Waals surface area contributed by atoms with Crippen molar-refractivity contribution in [3.63, 3.8) is 0 Å². The third kappa shape index (κ3) is 2.59. The highest BCUT2D eigenvalue weighted by Gasteiger charge is 2.56. The van der Waals surface area contributed by atoms with E-state index in [0.717, 1.165) is 0 Å². The summed E-state index contributed by atoms with van der Waals surface area (Å²) < 4.78 is 0. The van der Waals surface area contributed by atoms with E-state index in [1.165, 1.54) is 12.1 Å². The Morgan fingerprint density at radius 3 is 1.72 bits per heavy atom. The average Bonchev–Trinajstić information content (AvgIpc) is 2.92. The summed E-state index contributed by atoms with van der Waals surface area (Å²) in [5.74, 6) is -1.28. The van der Waals surface area contributed by atoms with Gasteiger partial charge in [0.1, 0.15) is 5.41 Å². The van der Waals surface area contributed by atoms with Crippen LogP contribution >= 0.6 is 0 Å². The summed E-state index contributed by atoms with van der Waals surface area (Å²) in [6.07, 6.45) is 0. The standard InChI is InChI=1S/C25H22O4/c1-24(2,3)18-13-20(26)21(27)14-19(18)25(15-9-5-4-6-10-15)22(28)16-11-7-8-12-17(16)23(25)29/h4-14,26-27H,1-3H3. The minimum absolute atomic E-state index is 0.280. The van der Waals surface area contributed by atoms with Crippen molar-refractivity contribution >= 4 is 11.6 Å². The highest BCUT2D eigenvalue weighted by molar-refractivity contribution is 6.35. The second-order valence-corrected chi connectivity index (χ2v) is 8.46. The number of Topliss-reactive ketones (excluding diaryl/α,β-unsaturated/α-hetero) is 2. The van der Waals surface area contributed by atoms with Gasteiger partial charge in [-0.25, -0.2) is 0 Å². The Hall–Kier alpha value is -3.40. The van der Waals surface area contributed by atoms with Crippen LogP contribution in [0.4, 0.5) is 0 Å². The smallest absolute Gasteiger partial charge is 0.186 e. The lowest BCUT2D eigenvalue weighted by Gasteiger charge is -2.33. The van der Waals surface area contributed by atoms with Crippen molar-refractivity contribution < 1.29 is 19.8 Å². The van der Waals surface area contributed by atoms with Gasteiger partial charge in [-0.2, -0.15) is 0 Å². The lowest BCUT2D eigenvalue weighted by molar-refractivity contribution is 0.0827. The van der Waals surface area contributed by atoms with Crippen LogP contribution in [0.25, 0.3) is 0 Å². The molecule has 1 aliphatic carbocycles. The van der Waals surface area contributed by atoms with Gasteiger partial charge in [0.15, 0.2) is 23.1 Å². The Bertz CT molecular complexity index is 1100. The Morgan fingerprint density at radius 2 is 1.21 bits per heavy atom. The first-order valence-electron chi connectivity index (χ1n) is 9.50. The van der Waals surface area contributed by atoms with E-state index in [2.05, 4.69) is 0 Å². The monoisotopic (exact) mass is 386 g/mol. The van der Waals surface area contributed by atoms with E-state index in [9.17, 15) is 19.8 Å². The van der Waals surface area contributed by atoms with Crippen LogP contribution in [0.15, 0.2) is 66.7 Å². The minimum atomic E-state index is -1.61. The number of aromatic hydroxyl groups is 2. The molecule has 0 saturated heterocycles. The van der Waals surface area contributed by atoms with E-state index in [1.54, 1.807) is 48.5 Å². The van der Waals surface area contributed by atoms with Crippen LogP contribution in [0.3, 0.4) is 0 Å². The lowest BCUT2D eigenvalue weighted by Crippen LogP contribution is -2.41. The molecule has 1 aliphatic rings. The molecule has 0 unspecified atom stereocenters. The Kier molecular flexibility index (Phi) is 4.12. The van der Waals surface area contributed by atoms with E-state index in [-0.39, 0.29) is 23.1 Å². The maximum Gasteiger partial charge on any atom is 0.186 e. The molecule has 0 bridgehead atoms. The summed E-state index contributed by atoms with van der Waals surface area (Å²) in [4.78, 5) is 27.7. The van der Waals surface area contributed by atoms with E-state index < -0.39 is 10.8 Å². The fourth-order valence-corrected chi connectivity index (χ4v) is 4.24. The fraction of sp³-hybridized carbons (Fsp3) is 0.200. The zero-order valence-electron chi connectivity index (χ0n) is 16.6. The summed E-state index contributed by atoms with van der Waals surface area (Å²) in [5.41, 5.74) is 0.212. The van der Waals surface area contributed by atoms with Gasteiger partial charge in [0.2, 0.25) is 0 Å². The van der Waals surface area contributed by atoms with Crippen molar-refractivity contribution in [1.82, 2.24) is 0 Å². The maximum atomic E-state index is 13.8. The highest BCUT2D eigenvalue weighted by atomic mass is 16.3. The number of fused-ring (bicyclic) bond motifs is 1. The van der Waals surface area contributed by atoms with Crippen LogP contribution in [0, 0.1) is 0 Å². The molecule has 2 N–H and O–H groups in total. The topological polar surface area (TPSA) is 74.6 Å². The molecule has 0 aromatic heterocycles. The number of phenolic OH excluding ortho intramolecular Hbond substituents is 2. The summed E-state index contributed by atoms with van der Waals surface area (Å²) >= 11 is 0. The highest BCUT2D eigenvalue weighted by Crippen LogP contribution is 2.49. The molecule has 4 nitrogen and oxygen atoms in total. The van der Waals surface area contributed by atoms with Crippen LogP contribution < -0.4 is 0 Å². The van der Waals surface area contributed by atoms with Crippen LogP contribution in [0.5, 0.6) is 11.5 Å². The summed E-state index contributed by atoms with van der Waals surface area (Å²) in [7, 11) is 0. The zero-order chi connectivity index (χ0) is 21.0. The number of rotatable bonds is 2. The maximum absolute atomic E-state index is 13.8. The molecule has 0 radical (unpaired) electrons. The quantitative estimate of drug-likeness (QED) is 0.492. The number of ketones is 2. The number of hydrogen-bond acceptors (Lipinski definition) is 4. The largest absolute Gasteiger partial charge is 0.504 e. The van der Waals surface area contributed by atoms with Gasteiger partial charge in [0.05, 0.1) is 0 Å². The van der Waals surface area contributed by atoms with Gasteiger partial charge in [0, 0.05) is 11.1 Å². The molecule has 0 aliphatic heterocycles. The summed E-state index contributed by atoms with van der Waals surface area (Å²) in [5, 5.41) is 20.5. The first-order valence-corrected chi connectivity index (χ1v) is 9.50. The number of phenols is 2. The van der Waals surface area contributed by atoms with Crippen molar-refractivity contribution in [1.29, 1.82) is 0 Å². The normalized spacial score (nSPS) is 15.4. The molecule has 0 heterocycles. The first kappa shape index (κ1) is 18.9. The van der Waals surface area contributed by atoms with Crippen molar-refractivity contribution in [3.8, 4) is 11.5 Å². The van der Waals surface area contributed by atoms with E-state index in [1.807, 2.05) is 26.8 Å². The van der Waals surface area contributed by atoms with Gasteiger partial charge in [-0.3, -0.25) is 9.59 Å². The average molecular weight is 386 g/mol. The third-order valence-electron chi connectivity index (χ3n) is 5.63. The van der Waals surface area contributed by atoms with Gasteiger partial charge in [-0.15, -0.1) is 0 Å². The van der Waals surface area contributed by atoms with Crippen LogP contribution in [-0.4, -0.2) is 21.8 Å². The molecular formula is C25H22O4. The molecule has 4 heteroatoms. The Balaban J connectivity index is 2.16. The van der Waals surface area contributed by atoms with Crippen molar-refractivity contribution in [2.45, 2.75) is 31.6 Å². The lowest BCUT2D eigenvalue weighted by atomic mass is 9.66. The van der Waals surface area contributed by atoms with Gasteiger partial charge >= 0.3 is 0 Å². The molecule has 0 atom stereocenters. The number of benzene rings is 3. The van der Waals surface area contributed by atoms with E-state index >= 15 is 0 Å². The number of hydrogen-bond donors (Lipinski definition) is 2. The summed E-state index contributed by atoms with van der Waals surface area (Å²) in [6.45, 7) is 5.83. The SMILES string of the molecule is CC(C)(C)c1cc(O)c(O)cc1C1(c2ccccc2)C(=O)c2ccccc2C1=O. The van der Waals surface area contributed by atoms with E-state index in [4.69, 9.17) is 0 Å². The predicted octanol–water partition coefficient (Wildman–Crippen LogP) is 4.76. The molecule has 0 amide bonds.